The molecule has 0 radical (unpaired) electrons. The molecule has 0 aliphatic heterocycles. The lowest BCUT2D eigenvalue weighted by molar-refractivity contribution is -0.141. The van der Waals surface area contributed by atoms with Crippen molar-refractivity contribution in [2.75, 3.05) is 0 Å². The number of aromatic carboxylic acids is 1. The zero-order chi connectivity index (χ0) is 31.5. The van der Waals surface area contributed by atoms with E-state index in [9.17, 15) is 45.1 Å². The van der Waals surface area contributed by atoms with E-state index in [0.29, 0.717) is 30.0 Å². The maximum Gasteiger partial charge on any atom is 0.435 e. The number of amides is 1. The molecule has 4 rings (SSSR count). The third kappa shape index (κ3) is 6.91. The number of sulfonamides is 1. The van der Waals surface area contributed by atoms with Gasteiger partial charge in [-0.1, -0.05) is 55.8 Å². The van der Waals surface area contributed by atoms with E-state index in [1.807, 2.05) is 6.92 Å². The van der Waals surface area contributed by atoms with Gasteiger partial charge in [0.05, 0.1) is 10.5 Å². The average Bonchev–Trinajstić information content (AvgIpc) is 3.31. The molecule has 43 heavy (non-hydrogen) atoms. The zero-order valence-corrected chi connectivity index (χ0v) is 23.3. The molecule has 1 heterocycles. The summed E-state index contributed by atoms with van der Waals surface area (Å²) in [7, 11) is -4.56. The Labute approximate surface area is 242 Å². The fraction of sp³-hybridized carbons (Fsp3) is 0.207. The van der Waals surface area contributed by atoms with Gasteiger partial charge in [0.2, 0.25) is 0 Å². The first kappa shape index (κ1) is 31.3. The highest BCUT2D eigenvalue weighted by atomic mass is 32.2. The van der Waals surface area contributed by atoms with Gasteiger partial charge < -0.3 is 9.67 Å². The van der Waals surface area contributed by atoms with E-state index in [1.54, 1.807) is 4.72 Å². The molecule has 4 aromatic rings. The van der Waals surface area contributed by atoms with E-state index in [2.05, 4.69) is 4.98 Å². The van der Waals surface area contributed by atoms with Crippen molar-refractivity contribution in [2.45, 2.75) is 43.8 Å². The van der Waals surface area contributed by atoms with Gasteiger partial charge >= 0.3 is 12.1 Å². The predicted octanol–water partition coefficient (Wildman–Crippen LogP) is 6.05. The number of carboxylic acid groups (broad SMARTS) is 1. The second-order valence-electron chi connectivity index (χ2n) is 9.47. The first-order chi connectivity index (χ1) is 20.2. The van der Waals surface area contributed by atoms with Crippen LogP contribution in [0.2, 0.25) is 0 Å². The van der Waals surface area contributed by atoms with E-state index in [0.717, 1.165) is 16.7 Å². The topological polar surface area (TPSA) is 118 Å². The van der Waals surface area contributed by atoms with Gasteiger partial charge in [-0.2, -0.15) is 13.2 Å². The van der Waals surface area contributed by atoms with Crippen LogP contribution < -0.4 is 4.72 Å². The van der Waals surface area contributed by atoms with Crippen LogP contribution in [0.3, 0.4) is 0 Å². The second-order valence-corrected chi connectivity index (χ2v) is 11.1. The normalized spacial score (nSPS) is 11.9. The number of carbonyl (C=O) groups is 2. The van der Waals surface area contributed by atoms with E-state index in [-0.39, 0.29) is 29.2 Å². The quantitative estimate of drug-likeness (QED) is 0.208. The van der Waals surface area contributed by atoms with Crippen LogP contribution in [0.5, 0.6) is 0 Å². The first-order valence-electron chi connectivity index (χ1n) is 12.8. The molecule has 0 aliphatic rings. The van der Waals surface area contributed by atoms with Crippen LogP contribution in [0.4, 0.5) is 22.0 Å². The minimum Gasteiger partial charge on any atom is -0.477 e. The Kier molecular flexibility index (Phi) is 8.99. The van der Waals surface area contributed by atoms with Gasteiger partial charge in [-0.25, -0.2) is 31.7 Å². The molecule has 0 atom stereocenters. The van der Waals surface area contributed by atoms with Crippen molar-refractivity contribution < 1.29 is 45.1 Å². The third-order valence-corrected chi connectivity index (χ3v) is 7.85. The molecule has 0 saturated heterocycles. The van der Waals surface area contributed by atoms with Crippen molar-refractivity contribution in [2.24, 2.45) is 0 Å². The van der Waals surface area contributed by atoms with E-state index in [4.69, 9.17) is 0 Å². The van der Waals surface area contributed by atoms with Crippen LogP contribution in [0, 0.1) is 11.6 Å². The van der Waals surface area contributed by atoms with Gasteiger partial charge in [-0.3, -0.25) is 4.79 Å². The van der Waals surface area contributed by atoms with Crippen molar-refractivity contribution in [3.63, 3.8) is 0 Å². The highest BCUT2D eigenvalue weighted by molar-refractivity contribution is 7.90. The van der Waals surface area contributed by atoms with Crippen LogP contribution >= 0.6 is 0 Å². The van der Waals surface area contributed by atoms with Crippen LogP contribution in [0.25, 0.3) is 11.1 Å². The largest absolute Gasteiger partial charge is 0.477 e. The molecule has 226 valence electrons. The fourth-order valence-electron chi connectivity index (χ4n) is 4.43. The van der Waals surface area contributed by atoms with E-state index >= 15 is 0 Å². The number of halogens is 5. The maximum absolute atomic E-state index is 14.0. The van der Waals surface area contributed by atoms with Gasteiger partial charge in [-0.15, -0.1) is 0 Å². The summed E-state index contributed by atoms with van der Waals surface area (Å²) in [4.78, 5) is 27.6. The number of carboxylic acids is 1. The number of rotatable bonds is 10. The lowest BCUT2D eigenvalue weighted by Gasteiger charge is -2.14. The van der Waals surface area contributed by atoms with Crippen molar-refractivity contribution >= 4 is 21.9 Å². The summed E-state index contributed by atoms with van der Waals surface area (Å²) < 4.78 is 97.1. The van der Waals surface area contributed by atoms with Crippen LogP contribution in [0.15, 0.2) is 71.6 Å². The van der Waals surface area contributed by atoms with Gasteiger partial charge in [0.15, 0.2) is 11.4 Å². The molecular weight excluding hydrogens is 597 g/mol. The van der Waals surface area contributed by atoms with Crippen molar-refractivity contribution in [3.05, 3.63) is 107 Å². The minimum absolute atomic E-state index is 0.0274. The van der Waals surface area contributed by atoms with Gasteiger partial charge in [0.1, 0.15) is 17.5 Å². The Morgan fingerprint density at radius 3 is 2.28 bits per heavy atom. The molecule has 0 saturated carbocycles. The van der Waals surface area contributed by atoms with Crippen molar-refractivity contribution in [1.29, 1.82) is 0 Å². The van der Waals surface area contributed by atoms with Crippen LogP contribution in [-0.2, 0) is 29.2 Å². The SMILES string of the molecule is CCCCc1nc(C(F)(F)F)c(C(=O)O)n1Cc1ccc(-c2ccccc2S(=O)(=O)NC(=O)c2ccc(F)cc2F)cc1. The minimum atomic E-state index is -4.98. The summed E-state index contributed by atoms with van der Waals surface area (Å²) in [6, 6.07) is 13.6. The lowest BCUT2D eigenvalue weighted by Crippen LogP contribution is -2.31. The number of hydrogen-bond donors (Lipinski definition) is 2. The molecule has 1 amide bonds. The van der Waals surface area contributed by atoms with Crippen LogP contribution in [0.1, 0.15) is 57.7 Å². The van der Waals surface area contributed by atoms with E-state index < -0.39 is 56.7 Å². The third-order valence-electron chi connectivity index (χ3n) is 6.46. The number of nitrogens with zero attached hydrogens (tertiary/aromatic N) is 2. The fourth-order valence-corrected chi connectivity index (χ4v) is 5.62. The number of aromatic nitrogens is 2. The molecule has 0 fully saturated rings. The first-order valence-corrected chi connectivity index (χ1v) is 14.3. The summed E-state index contributed by atoms with van der Waals surface area (Å²) >= 11 is 0. The summed E-state index contributed by atoms with van der Waals surface area (Å²) in [5.74, 6) is -5.31. The molecule has 2 N–H and O–H groups in total. The monoisotopic (exact) mass is 621 g/mol. The predicted molar refractivity (Wildman–Crippen MR) is 145 cm³/mol. The molecule has 0 bridgehead atoms. The van der Waals surface area contributed by atoms with Gasteiger partial charge in [0.25, 0.3) is 15.9 Å². The summed E-state index contributed by atoms with van der Waals surface area (Å²) in [6.45, 7) is 1.59. The number of benzene rings is 3. The number of alkyl halides is 3. The lowest BCUT2D eigenvalue weighted by atomic mass is 10.0. The molecule has 0 spiro atoms. The molecule has 0 aliphatic carbocycles. The second kappa shape index (κ2) is 12.3. The summed E-state index contributed by atoms with van der Waals surface area (Å²) in [5.41, 5.74) is -2.24. The van der Waals surface area contributed by atoms with Crippen LogP contribution in [-0.4, -0.2) is 35.0 Å². The number of nitrogens with one attached hydrogen (secondary N) is 1. The average molecular weight is 622 g/mol. The summed E-state index contributed by atoms with van der Waals surface area (Å²) in [6.07, 6.45) is -3.71. The zero-order valence-electron chi connectivity index (χ0n) is 22.5. The number of hydrogen-bond acceptors (Lipinski definition) is 5. The maximum atomic E-state index is 14.0. The standard InChI is InChI=1S/C29H24F5N3O5S/c1-2-3-8-24-35-26(29(32,33)34)25(28(39)40)37(24)16-17-9-11-18(12-10-17)20-6-4-5-7-23(20)43(41,42)36-27(38)21-14-13-19(30)15-22(21)31/h4-7,9-15H,2-3,8,16H2,1H3,(H,36,38)(H,39,40). The smallest absolute Gasteiger partial charge is 0.435 e. The molecule has 8 nitrogen and oxygen atoms in total. The Balaban J connectivity index is 1.66. The number of carbonyl (C=O) groups excluding carboxylic acids is 1. The van der Waals surface area contributed by atoms with Crippen molar-refractivity contribution in [3.8, 4) is 11.1 Å². The highest BCUT2D eigenvalue weighted by Crippen LogP contribution is 2.33. The summed E-state index contributed by atoms with van der Waals surface area (Å²) in [5, 5.41) is 9.60. The highest BCUT2D eigenvalue weighted by Gasteiger charge is 2.41. The van der Waals surface area contributed by atoms with Gasteiger partial charge in [0, 0.05) is 24.6 Å². The Morgan fingerprint density at radius 2 is 1.67 bits per heavy atom. The number of unbranched alkanes of at least 4 members (excludes halogenated alkanes) is 1. The van der Waals surface area contributed by atoms with E-state index in [1.165, 1.54) is 48.5 Å². The molecular formula is C29H24F5N3O5S. The molecule has 0 unspecified atom stereocenters. The Bertz CT molecular complexity index is 1790. The van der Waals surface area contributed by atoms with Crippen molar-refractivity contribution in [1.82, 2.24) is 14.3 Å². The molecule has 3 aromatic carbocycles. The Morgan fingerprint density at radius 1 is 1.00 bits per heavy atom. The number of imidazole rings is 1. The Hall–Kier alpha value is -4.59. The van der Waals surface area contributed by atoms with Gasteiger partial charge in [-0.05, 0) is 35.7 Å². The molecule has 1 aromatic heterocycles. The molecule has 14 heteroatoms. The number of aryl methyl sites for hydroxylation is 1.